The van der Waals surface area contributed by atoms with Crippen LogP contribution in [0.5, 0.6) is 0 Å². The molecule has 2 heterocycles. The molecule has 0 atom stereocenters. The van der Waals surface area contributed by atoms with Crippen molar-refractivity contribution < 1.29 is 4.79 Å². The number of hydrogen-bond donors (Lipinski definition) is 1. The van der Waals surface area contributed by atoms with Gasteiger partial charge in [0.1, 0.15) is 5.69 Å². The average molecular weight is 376 g/mol. The fourth-order valence-corrected chi connectivity index (χ4v) is 2.79. The second kappa shape index (κ2) is 7.06. The first-order valence-electron chi connectivity index (χ1n) is 7.45. The minimum Gasteiger partial charge on any atom is -0.338 e. The molecular formula is C16H18BrN5O. The van der Waals surface area contributed by atoms with Crippen molar-refractivity contribution in [3.8, 4) is 0 Å². The molecular weight excluding hydrogens is 358 g/mol. The Balaban J connectivity index is 1.72. The maximum Gasteiger partial charge on any atom is 0.274 e. The topological polar surface area (TPSA) is 61.4 Å². The third-order valence-corrected chi connectivity index (χ3v) is 4.24. The number of benzene rings is 1. The molecule has 1 aliphatic rings. The summed E-state index contributed by atoms with van der Waals surface area (Å²) in [7, 11) is 2.10. The molecule has 0 saturated carbocycles. The van der Waals surface area contributed by atoms with Crippen LogP contribution in [0, 0.1) is 0 Å². The van der Waals surface area contributed by atoms with Crippen molar-refractivity contribution in [1.29, 1.82) is 0 Å². The van der Waals surface area contributed by atoms with E-state index >= 15 is 0 Å². The van der Waals surface area contributed by atoms with Crippen LogP contribution in [-0.4, -0.2) is 54.0 Å². The molecule has 7 heteroatoms. The fourth-order valence-electron chi connectivity index (χ4n) is 2.40. The van der Waals surface area contributed by atoms with Gasteiger partial charge in [0.05, 0.1) is 0 Å². The second-order valence-corrected chi connectivity index (χ2v) is 6.41. The van der Waals surface area contributed by atoms with E-state index in [-0.39, 0.29) is 5.91 Å². The first-order valence-corrected chi connectivity index (χ1v) is 8.24. The van der Waals surface area contributed by atoms with Crippen LogP contribution in [0.2, 0.25) is 0 Å². The number of carbonyl (C=O) groups excluding carboxylic acids is 1. The van der Waals surface area contributed by atoms with Gasteiger partial charge in [0.15, 0.2) is 0 Å². The van der Waals surface area contributed by atoms with E-state index in [1.165, 1.54) is 0 Å². The molecule has 0 radical (unpaired) electrons. The van der Waals surface area contributed by atoms with Crippen LogP contribution in [0.15, 0.2) is 41.0 Å². The van der Waals surface area contributed by atoms with E-state index in [1.807, 2.05) is 24.3 Å². The van der Waals surface area contributed by atoms with Crippen LogP contribution < -0.4 is 10.2 Å². The molecule has 1 fully saturated rings. The number of hydrogen-bond acceptors (Lipinski definition) is 5. The molecule has 2 aromatic rings. The number of anilines is 2. The van der Waals surface area contributed by atoms with Gasteiger partial charge in [-0.2, -0.15) is 0 Å². The number of rotatable bonds is 3. The van der Waals surface area contributed by atoms with Crippen LogP contribution in [0.1, 0.15) is 10.5 Å². The Hall–Kier alpha value is -1.99. The second-order valence-electron chi connectivity index (χ2n) is 5.50. The zero-order valence-electron chi connectivity index (χ0n) is 12.9. The quantitative estimate of drug-likeness (QED) is 0.891. The van der Waals surface area contributed by atoms with Crippen LogP contribution in [0.4, 0.5) is 11.6 Å². The Labute approximate surface area is 143 Å². The van der Waals surface area contributed by atoms with Crippen molar-refractivity contribution in [2.45, 2.75) is 0 Å². The van der Waals surface area contributed by atoms with Crippen LogP contribution in [0.3, 0.4) is 0 Å². The van der Waals surface area contributed by atoms with Crippen molar-refractivity contribution in [2.75, 3.05) is 43.4 Å². The van der Waals surface area contributed by atoms with Crippen molar-refractivity contribution in [1.82, 2.24) is 14.9 Å². The van der Waals surface area contributed by atoms with E-state index in [2.05, 4.69) is 48.1 Å². The lowest BCUT2D eigenvalue weighted by molar-refractivity contribution is 0.102. The summed E-state index contributed by atoms with van der Waals surface area (Å²) in [4.78, 5) is 25.5. The first-order chi connectivity index (χ1) is 11.1. The van der Waals surface area contributed by atoms with Gasteiger partial charge in [0.2, 0.25) is 5.95 Å². The smallest absolute Gasteiger partial charge is 0.274 e. The van der Waals surface area contributed by atoms with E-state index in [1.54, 1.807) is 12.3 Å². The lowest BCUT2D eigenvalue weighted by Gasteiger charge is -2.32. The summed E-state index contributed by atoms with van der Waals surface area (Å²) in [6.07, 6.45) is 1.64. The molecule has 1 aromatic carbocycles. The highest BCUT2D eigenvalue weighted by atomic mass is 79.9. The maximum absolute atomic E-state index is 12.4. The molecule has 1 saturated heterocycles. The van der Waals surface area contributed by atoms with Crippen LogP contribution in [0.25, 0.3) is 0 Å². The van der Waals surface area contributed by atoms with Gasteiger partial charge in [-0.1, -0.05) is 22.0 Å². The maximum atomic E-state index is 12.4. The lowest BCUT2D eigenvalue weighted by Crippen LogP contribution is -2.45. The van der Waals surface area contributed by atoms with Crippen molar-refractivity contribution >= 4 is 33.5 Å². The third-order valence-electron chi connectivity index (χ3n) is 3.74. The van der Waals surface area contributed by atoms with Crippen LogP contribution in [-0.2, 0) is 0 Å². The van der Waals surface area contributed by atoms with E-state index in [4.69, 9.17) is 0 Å². The number of nitrogens with one attached hydrogen (secondary N) is 1. The molecule has 0 unspecified atom stereocenters. The Morgan fingerprint density at radius 3 is 2.74 bits per heavy atom. The minimum atomic E-state index is -0.235. The molecule has 1 amide bonds. The van der Waals surface area contributed by atoms with Gasteiger partial charge in [0.25, 0.3) is 5.91 Å². The number of halogens is 1. The Morgan fingerprint density at radius 1 is 1.22 bits per heavy atom. The normalized spacial score (nSPS) is 15.5. The molecule has 23 heavy (non-hydrogen) atoms. The molecule has 0 aliphatic carbocycles. The van der Waals surface area contributed by atoms with E-state index < -0.39 is 0 Å². The number of amides is 1. The van der Waals surface area contributed by atoms with Gasteiger partial charge in [-0.25, -0.2) is 9.97 Å². The predicted octanol–water partition coefficient (Wildman–Crippen LogP) is 2.24. The molecule has 3 rings (SSSR count). The monoisotopic (exact) mass is 375 g/mol. The molecule has 1 aromatic heterocycles. The predicted molar refractivity (Wildman–Crippen MR) is 93.8 cm³/mol. The molecule has 1 aliphatic heterocycles. The van der Waals surface area contributed by atoms with Crippen molar-refractivity contribution in [2.24, 2.45) is 0 Å². The minimum absolute atomic E-state index is 0.235. The standard InChI is InChI=1S/C16H18BrN5O/c1-21-7-9-22(10-8-21)16-18-6-5-14(20-16)15(23)19-13-4-2-3-12(17)11-13/h2-6,11H,7-10H2,1H3,(H,19,23). The van der Waals surface area contributed by atoms with Gasteiger partial charge in [-0.15, -0.1) is 0 Å². The zero-order chi connectivity index (χ0) is 16.2. The SMILES string of the molecule is CN1CCN(c2nccc(C(=O)Nc3cccc(Br)c3)n2)CC1. The Bertz CT molecular complexity index is 700. The number of likely N-dealkylation sites (N-methyl/N-ethyl adjacent to an activating group) is 1. The molecule has 120 valence electrons. The van der Waals surface area contributed by atoms with Gasteiger partial charge < -0.3 is 15.1 Å². The summed E-state index contributed by atoms with van der Waals surface area (Å²) in [5.74, 6) is 0.376. The Kier molecular flexibility index (Phi) is 4.88. The van der Waals surface area contributed by atoms with Crippen LogP contribution >= 0.6 is 15.9 Å². The number of nitrogens with zero attached hydrogens (tertiary/aromatic N) is 4. The zero-order valence-corrected chi connectivity index (χ0v) is 14.5. The largest absolute Gasteiger partial charge is 0.338 e. The van der Waals surface area contributed by atoms with E-state index in [9.17, 15) is 4.79 Å². The number of carbonyl (C=O) groups is 1. The van der Waals surface area contributed by atoms with Gasteiger partial charge >= 0.3 is 0 Å². The molecule has 6 nitrogen and oxygen atoms in total. The number of piperazine rings is 1. The summed E-state index contributed by atoms with van der Waals surface area (Å²) in [6.45, 7) is 3.68. The highest BCUT2D eigenvalue weighted by molar-refractivity contribution is 9.10. The summed E-state index contributed by atoms with van der Waals surface area (Å²) >= 11 is 3.39. The van der Waals surface area contributed by atoms with Crippen molar-refractivity contribution in [3.05, 3.63) is 46.7 Å². The van der Waals surface area contributed by atoms with Crippen molar-refractivity contribution in [3.63, 3.8) is 0 Å². The Morgan fingerprint density at radius 2 is 2.00 bits per heavy atom. The van der Waals surface area contributed by atoms with Gasteiger partial charge in [-0.3, -0.25) is 4.79 Å². The number of aromatic nitrogens is 2. The summed E-state index contributed by atoms with van der Waals surface area (Å²) in [6, 6.07) is 9.10. The average Bonchev–Trinajstić information content (AvgIpc) is 2.56. The first kappa shape index (κ1) is 15.9. The lowest BCUT2D eigenvalue weighted by atomic mass is 10.3. The highest BCUT2D eigenvalue weighted by Crippen LogP contribution is 2.17. The molecule has 0 spiro atoms. The fraction of sp³-hybridized carbons (Fsp3) is 0.312. The van der Waals surface area contributed by atoms with E-state index in [0.29, 0.717) is 11.6 Å². The summed E-state index contributed by atoms with van der Waals surface area (Å²) in [5, 5.41) is 2.85. The van der Waals surface area contributed by atoms with E-state index in [0.717, 1.165) is 36.3 Å². The molecule has 0 bridgehead atoms. The van der Waals surface area contributed by atoms with Gasteiger partial charge in [0, 0.05) is 42.5 Å². The highest BCUT2D eigenvalue weighted by Gasteiger charge is 2.18. The third kappa shape index (κ3) is 4.05. The van der Waals surface area contributed by atoms with Gasteiger partial charge in [-0.05, 0) is 31.3 Å². The molecule has 1 N–H and O–H groups in total. The summed E-state index contributed by atoms with van der Waals surface area (Å²) < 4.78 is 0.913. The summed E-state index contributed by atoms with van der Waals surface area (Å²) in [5.41, 5.74) is 1.10.